The third kappa shape index (κ3) is 3.71. The number of hydrogen-bond acceptors (Lipinski definition) is 3. The fraction of sp³-hybridized carbons (Fsp3) is 0.786. The average Bonchev–Trinajstić information content (AvgIpc) is 2.72. The van der Waals surface area contributed by atoms with E-state index in [-0.39, 0.29) is 17.7 Å². The van der Waals surface area contributed by atoms with Gasteiger partial charge in [0.2, 0.25) is 0 Å². The van der Waals surface area contributed by atoms with Gasteiger partial charge in [-0.3, -0.25) is 4.68 Å². The lowest BCUT2D eigenvalue weighted by atomic mass is 9.95. The summed E-state index contributed by atoms with van der Waals surface area (Å²) in [5.74, 6) is 0. The van der Waals surface area contributed by atoms with Crippen LogP contribution in [0.1, 0.15) is 58.8 Å². The van der Waals surface area contributed by atoms with Gasteiger partial charge in [-0.25, -0.2) is 0 Å². The lowest BCUT2D eigenvalue weighted by molar-refractivity contribution is -0.0137. The van der Waals surface area contributed by atoms with Gasteiger partial charge >= 0.3 is 0 Å². The minimum atomic E-state index is -0.356. The predicted molar refractivity (Wildman–Crippen MR) is 79.7 cm³/mol. The van der Waals surface area contributed by atoms with Crippen LogP contribution in [0.15, 0.2) is 6.20 Å². The molecule has 4 nitrogen and oxygen atoms in total. The average molecular weight is 288 g/mol. The largest absolute Gasteiger partial charge is 0.377 e. The zero-order chi connectivity index (χ0) is 14.6. The molecule has 0 saturated heterocycles. The highest BCUT2D eigenvalue weighted by Crippen LogP contribution is 2.34. The van der Waals surface area contributed by atoms with Crippen molar-refractivity contribution < 1.29 is 4.74 Å². The first-order valence-electron chi connectivity index (χ1n) is 6.86. The highest BCUT2D eigenvalue weighted by molar-refractivity contribution is 6.31. The Morgan fingerprint density at radius 1 is 1.47 bits per heavy atom. The first kappa shape index (κ1) is 16.5. The van der Waals surface area contributed by atoms with Gasteiger partial charge in [-0.05, 0) is 40.7 Å². The van der Waals surface area contributed by atoms with Crippen molar-refractivity contribution >= 4 is 11.6 Å². The maximum Gasteiger partial charge on any atom is 0.0835 e. The van der Waals surface area contributed by atoms with Crippen molar-refractivity contribution in [1.82, 2.24) is 15.1 Å². The molecular formula is C14H26ClN3O. The summed E-state index contributed by atoms with van der Waals surface area (Å²) in [5, 5.41) is 8.60. The molecule has 1 aromatic rings. The Kier molecular flexibility index (Phi) is 5.83. The van der Waals surface area contributed by atoms with Crippen LogP contribution in [-0.4, -0.2) is 29.0 Å². The molecule has 1 unspecified atom stereocenters. The monoisotopic (exact) mass is 287 g/mol. The molecule has 0 amide bonds. The summed E-state index contributed by atoms with van der Waals surface area (Å²) in [7, 11) is 1.73. The molecular weight excluding hydrogens is 262 g/mol. The van der Waals surface area contributed by atoms with Gasteiger partial charge in [0.15, 0.2) is 0 Å². The van der Waals surface area contributed by atoms with E-state index >= 15 is 0 Å². The summed E-state index contributed by atoms with van der Waals surface area (Å²) in [6, 6.07) is 0.274. The number of halogens is 1. The van der Waals surface area contributed by atoms with E-state index in [0.29, 0.717) is 5.02 Å². The molecule has 0 fully saturated rings. The van der Waals surface area contributed by atoms with Crippen molar-refractivity contribution in [1.29, 1.82) is 0 Å². The highest BCUT2D eigenvalue weighted by Gasteiger charge is 2.34. The van der Waals surface area contributed by atoms with Gasteiger partial charge < -0.3 is 10.1 Å². The van der Waals surface area contributed by atoms with Gasteiger partial charge in [0.05, 0.1) is 28.6 Å². The van der Waals surface area contributed by atoms with Crippen molar-refractivity contribution in [2.24, 2.45) is 0 Å². The molecule has 0 radical (unpaired) electrons. The Morgan fingerprint density at radius 3 is 2.58 bits per heavy atom. The Labute approximate surface area is 121 Å². The Hall–Kier alpha value is -0.580. The molecule has 0 saturated carbocycles. The zero-order valence-electron chi connectivity index (χ0n) is 12.8. The van der Waals surface area contributed by atoms with E-state index in [2.05, 4.69) is 45.0 Å². The van der Waals surface area contributed by atoms with Crippen molar-refractivity contribution in [2.75, 3.05) is 13.7 Å². The summed E-state index contributed by atoms with van der Waals surface area (Å²) in [5.41, 5.74) is 0.642. The van der Waals surface area contributed by atoms with Crippen molar-refractivity contribution in [3.8, 4) is 0 Å². The van der Waals surface area contributed by atoms with Crippen molar-refractivity contribution in [2.45, 2.75) is 58.7 Å². The van der Waals surface area contributed by atoms with Crippen molar-refractivity contribution in [3.05, 3.63) is 16.9 Å². The molecule has 5 heteroatoms. The highest BCUT2D eigenvalue weighted by atomic mass is 35.5. The molecule has 0 aliphatic carbocycles. The Balaban J connectivity index is 3.20. The second kappa shape index (κ2) is 6.73. The van der Waals surface area contributed by atoms with Crippen LogP contribution in [0.25, 0.3) is 0 Å². The molecule has 0 aliphatic rings. The minimum absolute atomic E-state index is 0.00912. The molecule has 0 aromatic carbocycles. The van der Waals surface area contributed by atoms with Crippen LogP contribution >= 0.6 is 11.6 Å². The fourth-order valence-electron chi connectivity index (χ4n) is 2.11. The SMILES string of the molecule is CCCNC(c1c(Cl)cnn1C(C)C)C(C)(C)OC. The van der Waals surface area contributed by atoms with E-state index in [1.54, 1.807) is 13.3 Å². The molecule has 0 aliphatic heterocycles. The van der Waals surface area contributed by atoms with Gasteiger partial charge in [0.25, 0.3) is 0 Å². The van der Waals surface area contributed by atoms with Gasteiger partial charge in [-0.15, -0.1) is 0 Å². The van der Waals surface area contributed by atoms with Crippen LogP contribution in [0.4, 0.5) is 0 Å². The Bertz CT molecular complexity index is 401. The smallest absolute Gasteiger partial charge is 0.0835 e. The topological polar surface area (TPSA) is 39.1 Å². The van der Waals surface area contributed by atoms with Crippen LogP contribution < -0.4 is 5.32 Å². The van der Waals surface area contributed by atoms with Gasteiger partial charge in [-0.2, -0.15) is 5.10 Å². The van der Waals surface area contributed by atoms with Crippen LogP contribution in [0, 0.1) is 0 Å². The van der Waals surface area contributed by atoms with Crippen LogP contribution in [0.3, 0.4) is 0 Å². The summed E-state index contributed by atoms with van der Waals surface area (Å²) in [4.78, 5) is 0. The lowest BCUT2D eigenvalue weighted by Gasteiger charge is -2.35. The molecule has 1 aromatic heterocycles. The second-order valence-corrected chi connectivity index (χ2v) is 6.02. The molecule has 1 rings (SSSR count). The molecule has 19 heavy (non-hydrogen) atoms. The molecule has 1 atom stereocenters. The number of nitrogens with one attached hydrogen (secondary N) is 1. The van der Waals surface area contributed by atoms with Crippen LogP contribution in [0.2, 0.25) is 5.02 Å². The summed E-state index contributed by atoms with van der Waals surface area (Å²) in [6.45, 7) is 11.4. The van der Waals surface area contributed by atoms with Gasteiger partial charge in [0.1, 0.15) is 0 Å². The molecule has 0 bridgehead atoms. The molecule has 110 valence electrons. The van der Waals surface area contributed by atoms with E-state index in [1.807, 2.05) is 4.68 Å². The number of methoxy groups -OCH3 is 1. The van der Waals surface area contributed by atoms with E-state index in [1.165, 1.54) is 0 Å². The Morgan fingerprint density at radius 2 is 2.11 bits per heavy atom. The predicted octanol–water partition coefficient (Wildman–Crippen LogP) is 3.58. The maximum absolute atomic E-state index is 6.35. The van der Waals surface area contributed by atoms with Crippen LogP contribution in [0.5, 0.6) is 0 Å². The first-order valence-corrected chi connectivity index (χ1v) is 7.24. The van der Waals surface area contributed by atoms with Gasteiger partial charge in [-0.1, -0.05) is 18.5 Å². The standard InChI is InChI=1S/C14H26ClN3O/c1-7-8-16-13(14(4,5)19-6)12-11(15)9-17-18(12)10(2)3/h9-10,13,16H,7-8H2,1-6H3. The number of hydrogen-bond donors (Lipinski definition) is 1. The molecule has 1 N–H and O–H groups in total. The van der Waals surface area contributed by atoms with Crippen molar-refractivity contribution in [3.63, 3.8) is 0 Å². The summed E-state index contributed by atoms with van der Waals surface area (Å²) >= 11 is 6.35. The number of rotatable bonds is 7. The third-order valence-corrected chi connectivity index (χ3v) is 3.66. The second-order valence-electron chi connectivity index (χ2n) is 5.61. The first-order chi connectivity index (χ1) is 8.85. The van der Waals surface area contributed by atoms with Gasteiger partial charge in [0, 0.05) is 13.2 Å². The van der Waals surface area contributed by atoms with E-state index in [4.69, 9.17) is 16.3 Å². The van der Waals surface area contributed by atoms with E-state index < -0.39 is 0 Å². The minimum Gasteiger partial charge on any atom is -0.377 e. The van der Waals surface area contributed by atoms with E-state index in [0.717, 1.165) is 18.7 Å². The maximum atomic E-state index is 6.35. The van der Waals surface area contributed by atoms with E-state index in [9.17, 15) is 0 Å². The normalized spacial score (nSPS) is 14.1. The molecule has 1 heterocycles. The summed E-state index contributed by atoms with van der Waals surface area (Å²) in [6.07, 6.45) is 2.77. The fourth-order valence-corrected chi connectivity index (χ4v) is 2.35. The number of nitrogens with zero attached hydrogens (tertiary/aromatic N) is 2. The summed E-state index contributed by atoms with van der Waals surface area (Å²) < 4.78 is 7.62. The number of aromatic nitrogens is 2. The zero-order valence-corrected chi connectivity index (χ0v) is 13.6. The third-order valence-electron chi connectivity index (χ3n) is 3.37. The quantitative estimate of drug-likeness (QED) is 0.833. The molecule has 0 spiro atoms. The lowest BCUT2D eigenvalue weighted by Crippen LogP contribution is -2.42. The number of ether oxygens (including phenoxy) is 1. The van der Waals surface area contributed by atoms with Crippen LogP contribution in [-0.2, 0) is 4.74 Å².